The molecule has 0 atom stereocenters. The maximum Gasteiger partial charge on any atom is 0.274 e. The molecule has 0 spiro atoms. The first-order valence-electron chi connectivity index (χ1n) is 8.17. The van der Waals surface area contributed by atoms with Gasteiger partial charge in [-0.15, -0.1) is 0 Å². The van der Waals surface area contributed by atoms with Crippen molar-refractivity contribution < 1.29 is 9.18 Å². The van der Waals surface area contributed by atoms with E-state index in [-0.39, 0.29) is 17.4 Å². The fourth-order valence-electron chi connectivity index (χ4n) is 2.65. The van der Waals surface area contributed by atoms with Crippen LogP contribution in [0.5, 0.6) is 0 Å². The molecular weight excluding hydrogens is 331 g/mol. The number of rotatable bonds is 4. The summed E-state index contributed by atoms with van der Waals surface area (Å²) in [5, 5.41) is 5.84. The minimum Gasteiger partial charge on any atom is -0.324 e. The summed E-state index contributed by atoms with van der Waals surface area (Å²) in [6.45, 7) is 5.82. The molecule has 0 unspecified atom stereocenters. The van der Waals surface area contributed by atoms with E-state index in [1.54, 1.807) is 13.0 Å². The third-order valence-electron chi connectivity index (χ3n) is 3.67. The Bertz CT molecular complexity index is 934. The van der Waals surface area contributed by atoms with Gasteiger partial charge in [-0.1, -0.05) is 6.07 Å². The lowest BCUT2D eigenvalue weighted by molar-refractivity contribution is 0.102. The largest absolute Gasteiger partial charge is 0.324 e. The molecule has 1 amide bonds. The van der Waals surface area contributed by atoms with Crippen molar-refractivity contribution in [3.8, 4) is 0 Å². The molecule has 0 saturated heterocycles. The number of nitrogens with zero attached hydrogens (tertiary/aromatic N) is 2. The van der Waals surface area contributed by atoms with Crippen LogP contribution in [0.25, 0.3) is 0 Å². The third-order valence-corrected chi connectivity index (χ3v) is 3.67. The van der Waals surface area contributed by atoms with Gasteiger partial charge in [-0.05, 0) is 74.4 Å². The second-order valence-corrected chi connectivity index (χ2v) is 6.18. The van der Waals surface area contributed by atoms with Crippen molar-refractivity contribution in [2.45, 2.75) is 20.8 Å². The van der Waals surface area contributed by atoms with E-state index < -0.39 is 0 Å². The normalized spacial score (nSPS) is 10.5. The minimum absolute atomic E-state index is 0.230. The van der Waals surface area contributed by atoms with Gasteiger partial charge in [-0.2, -0.15) is 0 Å². The Balaban J connectivity index is 1.82. The predicted molar refractivity (Wildman–Crippen MR) is 100 cm³/mol. The standard InChI is InChI=1S/C20H19FN4O/c1-12-8-13(2)10-17(9-12)24-20-22-14(3)11-18(25-20)19(26)23-16-6-4-15(21)5-7-16/h4-11H,1-3H3,(H,23,26)(H,22,24,25). The lowest BCUT2D eigenvalue weighted by atomic mass is 10.1. The van der Waals surface area contributed by atoms with Crippen molar-refractivity contribution in [3.05, 3.63) is 76.9 Å². The van der Waals surface area contributed by atoms with Crippen LogP contribution in [-0.2, 0) is 0 Å². The van der Waals surface area contributed by atoms with Gasteiger partial charge in [0.05, 0.1) is 0 Å². The molecule has 26 heavy (non-hydrogen) atoms. The summed E-state index contributed by atoms with van der Waals surface area (Å²) < 4.78 is 13.0. The zero-order valence-electron chi connectivity index (χ0n) is 14.8. The molecule has 0 fully saturated rings. The summed E-state index contributed by atoms with van der Waals surface area (Å²) >= 11 is 0. The Labute approximate surface area is 151 Å². The maximum absolute atomic E-state index is 13.0. The van der Waals surface area contributed by atoms with Crippen LogP contribution < -0.4 is 10.6 Å². The molecule has 5 nitrogen and oxygen atoms in total. The van der Waals surface area contributed by atoms with Crippen LogP contribution in [0.1, 0.15) is 27.3 Å². The first-order valence-corrected chi connectivity index (χ1v) is 8.17. The number of benzene rings is 2. The lowest BCUT2D eigenvalue weighted by Crippen LogP contribution is -2.15. The highest BCUT2D eigenvalue weighted by molar-refractivity contribution is 6.03. The Hall–Kier alpha value is -3.28. The SMILES string of the molecule is Cc1cc(C)cc(Nc2nc(C)cc(C(=O)Nc3ccc(F)cc3)n2)c1. The van der Waals surface area contributed by atoms with Crippen molar-refractivity contribution in [1.82, 2.24) is 9.97 Å². The Morgan fingerprint density at radius 2 is 1.54 bits per heavy atom. The van der Waals surface area contributed by atoms with E-state index in [1.807, 2.05) is 26.0 Å². The third kappa shape index (κ3) is 4.42. The Morgan fingerprint density at radius 3 is 2.19 bits per heavy atom. The van der Waals surface area contributed by atoms with Gasteiger partial charge >= 0.3 is 0 Å². The smallest absolute Gasteiger partial charge is 0.274 e. The van der Waals surface area contributed by atoms with Crippen LogP contribution in [0.4, 0.5) is 21.7 Å². The van der Waals surface area contributed by atoms with E-state index in [1.165, 1.54) is 24.3 Å². The molecule has 0 saturated carbocycles. The summed E-state index contributed by atoms with van der Waals surface area (Å²) in [5.74, 6) is -0.398. The molecule has 132 valence electrons. The van der Waals surface area contributed by atoms with Gasteiger partial charge in [-0.25, -0.2) is 14.4 Å². The molecular formula is C20H19FN4O. The molecule has 1 aromatic heterocycles. The molecule has 1 heterocycles. The second-order valence-electron chi connectivity index (χ2n) is 6.18. The maximum atomic E-state index is 13.0. The van der Waals surface area contributed by atoms with Gasteiger partial charge in [0.25, 0.3) is 5.91 Å². The van der Waals surface area contributed by atoms with Crippen LogP contribution in [0.3, 0.4) is 0 Å². The van der Waals surface area contributed by atoms with Gasteiger partial charge in [0.15, 0.2) is 0 Å². The number of carbonyl (C=O) groups excluding carboxylic acids is 1. The van der Waals surface area contributed by atoms with Gasteiger partial charge in [0.1, 0.15) is 11.5 Å². The van der Waals surface area contributed by atoms with Crippen LogP contribution in [0.15, 0.2) is 48.5 Å². The first kappa shape index (κ1) is 17.5. The van der Waals surface area contributed by atoms with Crippen LogP contribution >= 0.6 is 0 Å². The first-order chi connectivity index (χ1) is 12.4. The summed E-state index contributed by atoms with van der Waals surface area (Å²) in [7, 11) is 0. The van der Waals surface area contributed by atoms with E-state index in [9.17, 15) is 9.18 Å². The monoisotopic (exact) mass is 350 g/mol. The average Bonchev–Trinajstić information content (AvgIpc) is 2.55. The molecule has 3 aromatic rings. The number of nitrogens with one attached hydrogen (secondary N) is 2. The highest BCUT2D eigenvalue weighted by Crippen LogP contribution is 2.18. The molecule has 6 heteroatoms. The van der Waals surface area contributed by atoms with Crippen LogP contribution in [-0.4, -0.2) is 15.9 Å². The number of anilines is 3. The number of amides is 1. The highest BCUT2D eigenvalue weighted by Gasteiger charge is 2.11. The van der Waals surface area contributed by atoms with E-state index in [2.05, 4.69) is 26.7 Å². The number of aromatic nitrogens is 2. The summed E-state index contributed by atoms with van der Waals surface area (Å²) in [5.41, 5.74) is 4.49. The summed E-state index contributed by atoms with van der Waals surface area (Å²) in [6.07, 6.45) is 0. The van der Waals surface area contributed by atoms with Gasteiger partial charge < -0.3 is 10.6 Å². The fraction of sp³-hybridized carbons (Fsp3) is 0.150. The summed E-state index contributed by atoms with van der Waals surface area (Å²) in [4.78, 5) is 21.1. The number of aryl methyl sites for hydroxylation is 3. The second kappa shape index (κ2) is 7.31. The highest BCUT2D eigenvalue weighted by atomic mass is 19.1. The molecule has 2 aromatic carbocycles. The zero-order chi connectivity index (χ0) is 18.7. The van der Waals surface area contributed by atoms with Gasteiger partial charge in [0, 0.05) is 17.1 Å². The Kier molecular flexibility index (Phi) is 4.93. The number of hydrogen-bond acceptors (Lipinski definition) is 4. The Morgan fingerprint density at radius 1 is 0.885 bits per heavy atom. The number of halogens is 1. The topological polar surface area (TPSA) is 66.9 Å². The van der Waals surface area contributed by atoms with Crippen molar-refractivity contribution in [2.24, 2.45) is 0 Å². The van der Waals surface area contributed by atoms with Crippen molar-refractivity contribution in [3.63, 3.8) is 0 Å². The number of hydrogen-bond donors (Lipinski definition) is 2. The number of carbonyl (C=O) groups is 1. The van der Waals surface area contributed by atoms with Gasteiger partial charge in [-0.3, -0.25) is 4.79 Å². The molecule has 0 aliphatic heterocycles. The van der Waals surface area contributed by atoms with Crippen molar-refractivity contribution in [1.29, 1.82) is 0 Å². The molecule has 0 radical (unpaired) electrons. The molecule has 3 rings (SSSR count). The molecule has 2 N–H and O–H groups in total. The van der Waals surface area contributed by atoms with Crippen LogP contribution in [0, 0.1) is 26.6 Å². The van der Waals surface area contributed by atoms with Crippen molar-refractivity contribution >= 4 is 23.2 Å². The minimum atomic E-state index is -0.384. The summed E-state index contributed by atoms with van der Waals surface area (Å²) in [6, 6.07) is 13.2. The fourth-order valence-corrected chi connectivity index (χ4v) is 2.65. The molecule has 0 bridgehead atoms. The zero-order valence-corrected chi connectivity index (χ0v) is 14.8. The van der Waals surface area contributed by atoms with E-state index in [0.29, 0.717) is 17.3 Å². The van der Waals surface area contributed by atoms with E-state index in [0.717, 1.165) is 16.8 Å². The van der Waals surface area contributed by atoms with E-state index in [4.69, 9.17) is 0 Å². The molecule has 0 aliphatic carbocycles. The average molecular weight is 350 g/mol. The van der Waals surface area contributed by atoms with Crippen molar-refractivity contribution in [2.75, 3.05) is 10.6 Å². The quantitative estimate of drug-likeness (QED) is 0.725. The van der Waals surface area contributed by atoms with E-state index >= 15 is 0 Å². The lowest BCUT2D eigenvalue weighted by Gasteiger charge is -2.10. The molecule has 0 aliphatic rings. The van der Waals surface area contributed by atoms with Gasteiger partial charge in [0.2, 0.25) is 5.95 Å². The predicted octanol–water partition coefficient (Wildman–Crippen LogP) is 4.54. The van der Waals surface area contributed by atoms with Crippen LogP contribution in [0.2, 0.25) is 0 Å².